The highest BCUT2D eigenvalue weighted by Crippen LogP contribution is 2.40. The maximum absolute atomic E-state index is 12.6. The third kappa shape index (κ3) is 3.08. The molecule has 3 rings (SSSR count). The first kappa shape index (κ1) is 15.6. The van der Waals surface area contributed by atoms with Crippen molar-refractivity contribution in [3.05, 3.63) is 23.9 Å². The first-order valence-electron chi connectivity index (χ1n) is 7.11. The largest absolute Gasteiger partial charge is 0.447 e. The van der Waals surface area contributed by atoms with Gasteiger partial charge in [0.25, 0.3) is 5.91 Å². The second-order valence-electron chi connectivity index (χ2n) is 5.78. The maximum atomic E-state index is 12.6. The molecule has 8 heteroatoms. The van der Waals surface area contributed by atoms with Gasteiger partial charge in [0.15, 0.2) is 0 Å². The number of thioether (sulfide) groups is 1. The van der Waals surface area contributed by atoms with E-state index in [4.69, 9.17) is 5.73 Å². The van der Waals surface area contributed by atoms with Gasteiger partial charge in [0.2, 0.25) is 0 Å². The molecule has 22 heavy (non-hydrogen) atoms. The minimum Gasteiger partial charge on any atom is -0.338 e. The summed E-state index contributed by atoms with van der Waals surface area (Å²) in [6, 6.07) is 2.97. The Kier molecular flexibility index (Phi) is 4.07. The van der Waals surface area contributed by atoms with Crippen LogP contribution in [0, 0.1) is 11.8 Å². The molecule has 2 fully saturated rings. The molecule has 2 heterocycles. The Morgan fingerprint density at radius 1 is 1.36 bits per heavy atom. The Bertz CT molecular complexity index is 581. The molecule has 1 aromatic rings. The number of hydrogen-bond acceptors (Lipinski definition) is 4. The molecule has 120 valence electrons. The predicted octanol–water partition coefficient (Wildman–Crippen LogP) is 2.50. The summed E-state index contributed by atoms with van der Waals surface area (Å²) in [6.07, 6.45) is 3.20. The number of pyridine rings is 1. The molecular formula is C14H16F3N3OS. The highest BCUT2D eigenvalue weighted by atomic mass is 32.2. The molecule has 0 radical (unpaired) electrons. The van der Waals surface area contributed by atoms with Crippen molar-refractivity contribution in [3.63, 3.8) is 0 Å². The number of carbonyl (C=O) groups excluding carboxylic acids is 1. The van der Waals surface area contributed by atoms with Crippen LogP contribution in [0.25, 0.3) is 0 Å². The van der Waals surface area contributed by atoms with E-state index >= 15 is 0 Å². The SMILES string of the molecule is NC1CCC2CN(C(=O)c3cccnc3SC(F)(F)F)CC12. The van der Waals surface area contributed by atoms with Crippen molar-refractivity contribution in [2.24, 2.45) is 17.6 Å². The summed E-state index contributed by atoms with van der Waals surface area (Å²) in [5.41, 5.74) is 1.58. The molecule has 1 saturated heterocycles. The molecule has 1 saturated carbocycles. The Hall–Kier alpha value is -1.28. The summed E-state index contributed by atoms with van der Waals surface area (Å²) < 4.78 is 37.7. The van der Waals surface area contributed by atoms with E-state index in [0.717, 1.165) is 12.8 Å². The van der Waals surface area contributed by atoms with Crippen LogP contribution in [0.1, 0.15) is 23.2 Å². The third-order valence-corrected chi connectivity index (χ3v) is 5.16. The lowest BCUT2D eigenvalue weighted by atomic mass is 9.98. The lowest BCUT2D eigenvalue weighted by Gasteiger charge is -2.20. The number of alkyl halides is 3. The average Bonchev–Trinajstić information content (AvgIpc) is 3.00. The first-order chi connectivity index (χ1) is 10.3. The van der Waals surface area contributed by atoms with Gasteiger partial charge in [-0.3, -0.25) is 4.79 Å². The van der Waals surface area contributed by atoms with Crippen LogP contribution in [0.5, 0.6) is 0 Å². The van der Waals surface area contributed by atoms with Gasteiger partial charge in [-0.05, 0) is 36.8 Å². The Morgan fingerprint density at radius 3 is 2.82 bits per heavy atom. The van der Waals surface area contributed by atoms with E-state index in [1.54, 1.807) is 4.90 Å². The summed E-state index contributed by atoms with van der Waals surface area (Å²) in [4.78, 5) is 17.9. The Morgan fingerprint density at radius 2 is 2.14 bits per heavy atom. The van der Waals surface area contributed by atoms with Crippen LogP contribution in [-0.2, 0) is 0 Å². The van der Waals surface area contributed by atoms with Crippen molar-refractivity contribution in [2.45, 2.75) is 29.4 Å². The number of fused-ring (bicyclic) bond motifs is 1. The van der Waals surface area contributed by atoms with E-state index in [9.17, 15) is 18.0 Å². The van der Waals surface area contributed by atoms with Crippen molar-refractivity contribution < 1.29 is 18.0 Å². The van der Waals surface area contributed by atoms with Crippen molar-refractivity contribution in [1.82, 2.24) is 9.88 Å². The number of nitrogens with zero attached hydrogens (tertiary/aromatic N) is 2. The highest BCUT2D eigenvalue weighted by Gasteiger charge is 2.43. The van der Waals surface area contributed by atoms with Crippen molar-refractivity contribution in [2.75, 3.05) is 13.1 Å². The van der Waals surface area contributed by atoms with Crippen LogP contribution in [0.4, 0.5) is 13.2 Å². The smallest absolute Gasteiger partial charge is 0.338 e. The van der Waals surface area contributed by atoms with E-state index in [-0.39, 0.29) is 40.2 Å². The zero-order valence-corrected chi connectivity index (χ0v) is 12.5. The third-order valence-electron chi connectivity index (χ3n) is 4.41. The molecule has 1 aliphatic heterocycles. The van der Waals surface area contributed by atoms with Crippen LogP contribution in [0.15, 0.2) is 23.4 Å². The molecular weight excluding hydrogens is 315 g/mol. The minimum atomic E-state index is -4.47. The number of aromatic nitrogens is 1. The summed E-state index contributed by atoms with van der Waals surface area (Å²) >= 11 is -0.347. The van der Waals surface area contributed by atoms with E-state index in [1.165, 1.54) is 18.3 Å². The first-order valence-corrected chi connectivity index (χ1v) is 7.92. The molecule has 0 bridgehead atoms. The van der Waals surface area contributed by atoms with E-state index < -0.39 is 5.51 Å². The molecule has 0 spiro atoms. The summed E-state index contributed by atoms with van der Waals surface area (Å²) in [5, 5.41) is -0.290. The van der Waals surface area contributed by atoms with Gasteiger partial charge in [-0.25, -0.2) is 4.98 Å². The van der Waals surface area contributed by atoms with Gasteiger partial charge in [-0.2, -0.15) is 13.2 Å². The molecule has 1 aliphatic carbocycles. The number of rotatable bonds is 2. The minimum absolute atomic E-state index is 0.0124. The summed E-state index contributed by atoms with van der Waals surface area (Å²) in [5.74, 6) is 0.245. The molecule has 1 aromatic heterocycles. The van der Waals surface area contributed by atoms with Crippen LogP contribution >= 0.6 is 11.8 Å². The monoisotopic (exact) mass is 331 g/mol. The lowest BCUT2D eigenvalue weighted by molar-refractivity contribution is -0.0329. The molecule has 0 aromatic carbocycles. The molecule has 4 nitrogen and oxygen atoms in total. The number of amides is 1. The fourth-order valence-corrected chi connectivity index (χ4v) is 3.99. The van der Waals surface area contributed by atoms with Gasteiger partial charge in [0.1, 0.15) is 5.03 Å². The fraction of sp³-hybridized carbons (Fsp3) is 0.571. The van der Waals surface area contributed by atoms with Gasteiger partial charge >= 0.3 is 5.51 Å². The van der Waals surface area contributed by atoms with Crippen LogP contribution in [-0.4, -0.2) is 40.4 Å². The topological polar surface area (TPSA) is 59.2 Å². The Balaban J connectivity index is 1.79. The molecule has 3 unspecified atom stereocenters. The van der Waals surface area contributed by atoms with Crippen molar-refractivity contribution >= 4 is 17.7 Å². The zero-order chi connectivity index (χ0) is 15.9. The number of halogens is 3. The van der Waals surface area contributed by atoms with Crippen molar-refractivity contribution in [3.8, 4) is 0 Å². The van der Waals surface area contributed by atoms with E-state index in [1.807, 2.05) is 0 Å². The van der Waals surface area contributed by atoms with Gasteiger partial charge in [0, 0.05) is 37.1 Å². The fourth-order valence-electron chi connectivity index (χ4n) is 3.39. The number of hydrogen-bond donors (Lipinski definition) is 1. The van der Waals surface area contributed by atoms with E-state index in [2.05, 4.69) is 4.98 Å². The lowest BCUT2D eigenvalue weighted by Crippen LogP contribution is -2.33. The highest BCUT2D eigenvalue weighted by molar-refractivity contribution is 8.00. The van der Waals surface area contributed by atoms with Crippen LogP contribution < -0.4 is 5.73 Å². The average molecular weight is 331 g/mol. The number of likely N-dealkylation sites (tertiary alicyclic amines) is 1. The quantitative estimate of drug-likeness (QED) is 0.846. The summed E-state index contributed by atoms with van der Waals surface area (Å²) in [7, 11) is 0. The van der Waals surface area contributed by atoms with Crippen LogP contribution in [0.3, 0.4) is 0 Å². The number of carbonyl (C=O) groups is 1. The molecule has 1 amide bonds. The molecule has 2 aliphatic rings. The van der Waals surface area contributed by atoms with Gasteiger partial charge in [-0.1, -0.05) is 0 Å². The Labute approximate surface area is 130 Å². The number of nitrogens with two attached hydrogens (primary N) is 1. The van der Waals surface area contributed by atoms with Gasteiger partial charge < -0.3 is 10.6 Å². The normalized spacial score (nSPS) is 28.0. The van der Waals surface area contributed by atoms with Gasteiger partial charge in [-0.15, -0.1) is 0 Å². The molecule has 3 atom stereocenters. The van der Waals surface area contributed by atoms with Gasteiger partial charge in [0.05, 0.1) is 5.56 Å². The van der Waals surface area contributed by atoms with Crippen LogP contribution in [0.2, 0.25) is 0 Å². The van der Waals surface area contributed by atoms with E-state index in [0.29, 0.717) is 19.0 Å². The molecule has 2 N–H and O–H groups in total. The second kappa shape index (κ2) is 5.73. The zero-order valence-electron chi connectivity index (χ0n) is 11.7. The standard InChI is InChI=1S/C14H16F3N3OS/c15-14(16,17)22-12-9(2-1-5-19-12)13(21)20-6-8-3-4-11(18)10(8)7-20/h1-2,5,8,10-11H,3-4,6-7,18H2. The maximum Gasteiger partial charge on any atom is 0.447 e. The summed E-state index contributed by atoms with van der Waals surface area (Å²) in [6.45, 7) is 1.10. The van der Waals surface area contributed by atoms with Crippen molar-refractivity contribution in [1.29, 1.82) is 0 Å². The predicted molar refractivity (Wildman–Crippen MR) is 76.2 cm³/mol. The second-order valence-corrected chi connectivity index (χ2v) is 6.83.